The molecule has 0 fully saturated rings. The van der Waals surface area contributed by atoms with Gasteiger partial charge in [-0.2, -0.15) is 0 Å². The molecule has 0 aromatic heterocycles. The highest BCUT2D eigenvalue weighted by atomic mass is 16.5. The van der Waals surface area contributed by atoms with Crippen LogP contribution in [0.2, 0.25) is 0 Å². The molecule has 2 aliphatic rings. The highest BCUT2D eigenvalue weighted by Crippen LogP contribution is 2.04. The lowest BCUT2D eigenvalue weighted by atomic mass is 10.2. The van der Waals surface area contributed by atoms with Gasteiger partial charge in [0.1, 0.15) is 0 Å². The van der Waals surface area contributed by atoms with Gasteiger partial charge in [-0.3, -0.25) is 4.99 Å². The fourth-order valence-electron chi connectivity index (χ4n) is 1.65. The summed E-state index contributed by atoms with van der Waals surface area (Å²) in [5.41, 5.74) is 1.33. The molecule has 0 unspecified atom stereocenters. The van der Waals surface area contributed by atoms with Crippen molar-refractivity contribution in [3.05, 3.63) is 11.6 Å². The molecule has 0 spiro atoms. The van der Waals surface area contributed by atoms with Crippen molar-refractivity contribution in [2.24, 2.45) is 4.99 Å². The van der Waals surface area contributed by atoms with Gasteiger partial charge in [-0.1, -0.05) is 6.08 Å². The zero-order valence-corrected chi connectivity index (χ0v) is 8.62. The molecule has 0 atom stereocenters. The van der Waals surface area contributed by atoms with Crippen LogP contribution in [-0.2, 0) is 4.74 Å². The number of nitrogens with one attached hydrogen (secondary N) is 1. The van der Waals surface area contributed by atoms with E-state index in [1.54, 1.807) is 0 Å². The number of hydrogen-bond acceptors (Lipinski definition) is 4. The Morgan fingerprint density at radius 3 is 3.21 bits per heavy atom. The fourth-order valence-corrected chi connectivity index (χ4v) is 1.65. The Hall–Kier alpha value is -1.03. The Morgan fingerprint density at radius 2 is 2.57 bits per heavy atom. The Bertz CT molecular complexity index is 260. The molecule has 0 radical (unpaired) electrons. The van der Waals surface area contributed by atoms with Crippen molar-refractivity contribution in [3.63, 3.8) is 0 Å². The molecule has 1 N–H and O–H groups in total. The summed E-state index contributed by atoms with van der Waals surface area (Å²) >= 11 is 0. The molecule has 0 bridgehead atoms. The lowest BCUT2D eigenvalue weighted by molar-refractivity contribution is 0.149. The van der Waals surface area contributed by atoms with E-state index in [-0.39, 0.29) is 0 Å². The first-order valence-electron chi connectivity index (χ1n) is 5.11. The zero-order valence-electron chi connectivity index (χ0n) is 8.62. The number of rotatable bonds is 2. The van der Waals surface area contributed by atoms with Gasteiger partial charge in [-0.25, -0.2) is 0 Å². The van der Waals surface area contributed by atoms with Crippen molar-refractivity contribution in [1.82, 2.24) is 10.2 Å². The van der Waals surface area contributed by atoms with Gasteiger partial charge in [-0.15, -0.1) is 0 Å². The standard InChI is InChI=1S/C10H17N3O/c1-13-5-4-11-10(13)12-7-9-3-2-6-14-8-9/h3H,2,4-8H2,1H3,(H,11,12). The predicted molar refractivity (Wildman–Crippen MR) is 56.5 cm³/mol. The SMILES string of the molecule is CN1CCN=C1NCC1=CCCOC1. The summed E-state index contributed by atoms with van der Waals surface area (Å²) in [7, 11) is 2.06. The van der Waals surface area contributed by atoms with Crippen LogP contribution in [-0.4, -0.2) is 50.8 Å². The van der Waals surface area contributed by atoms with E-state index in [0.717, 1.165) is 45.2 Å². The van der Waals surface area contributed by atoms with Crippen LogP contribution in [0.4, 0.5) is 0 Å². The second-order valence-electron chi connectivity index (χ2n) is 3.68. The maximum Gasteiger partial charge on any atom is 0.194 e. The highest BCUT2D eigenvalue weighted by Gasteiger charge is 2.12. The van der Waals surface area contributed by atoms with Crippen molar-refractivity contribution in [3.8, 4) is 0 Å². The number of hydrogen-bond donors (Lipinski definition) is 1. The zero-order chi connectivity index (χ0) is 9.80. The largest absolute Gasteiger partial charge is 0.377 e. The first-order valence-corrected chi connectivity index (χ1v) is 5.11. The molecule has 0 saturated heterocycles. The van der Waals surface area contributed by atoms with Gasteiger partial charge in [0, 0.05) is 20.1 Å². The third kappa shape index (κ3) is 2.26. The Morgan fingerprint density at radius 1 is 1.64 bits per heavy atom. The second kappa shape index (κ2) is 4.46. The lowest BCUT2D eigenvalue weighted by Gasteiger charge is -2.18. The normalized spacial score (nSPS) is 21.9. The fraction of sp³-hybridized carbons (Fsp3) is 0.700. The number of nitrogens with zero attached hydrogens (tertiary/aromatic N) is 2. The molecule has 0 saturated carbocycles. The van der Waals surface area contributed by atoms with E-state index in [4.69, 9.17) is 4.74 Å². The van der Waals surface area contributed by atoms with Crippen molar-refractivity contribution in [2.75, 3.05) is 39.9 Å². The summed E-state index contributed by atoms with van der Waals surface area (Å²) < 4.78 is 5.36. The van der Waals surface area contributed by atoms with Gasteiger partial charge >= 0.3 is 0 Å². The number of likely N-dealkylation sites (N-methyl/N-ethyl adjacent to an activating group) is 1. The Kier molecular flexibility index (Phi) is 3.03. The summed E-state index contributed by atoms with van der Waals surface area (Å²) in [5.74, 6) is 1.01. The molecule has 0 aliphatic carbocycles. The van der Waals surface area contributed by atoms with Crippen molar-refractivity contribution >= 4 is 5.96 Å². The van der Waals surface area contributed by atoms with E-state index in [1.807, 2.05) is 0 Å². The van der Waals surface area contributed by atoms with Gasteiger partial charge in [0.05, 0.1) is 19.8 Å². The van der Waals surface area contributed by atoms with Crippen LogP contribution < -0.4 is 5.32 Å². The van der Waals surface area contributed by atoms with Crippen LogP contribution in [0.5, 0.6) is 0 Å². The summed E-state index contributed by atoms with van der Waals surface area (Å²) in [6.45, 7) is 4.43. The molecule has 4 nitrogen and oxygen atoms in total. The molecule has 0 amide bonds. The number of aliphatic imine (C=N–C) groups is 1. The molecule has 2 heterocycles. The molecular weight excluding hydrogens is 178 g/mol. The topological polar surface area (TPSA) is 36.9 Å². The van der Waals surface area contributed by atoms with Gasteiger partial charge in [0.25, 0.3) is 0 Å². The van der Waals surface area contributed by atoms with Gasteiger partial charge in [0.2, 0.25) is 0 Å². The monoisotopic (exact) mass is 195 g/mol. The molecule has 2 rings (SSSR count). The van der Waals surface area contributed by atoms with Gasteiger partial charge < -0.3 is 15.0 Å². The first kappa shape index (κ1) is 9.52. The minimum atomic E-state index is 0.768. The van der Waals surface area contributed by atoms with E-state index in [9.17, 15) is 0 Å². The van der Waals surface area contributed by atoms with E-state index in [2.05, 4.69) is 28.3 Å². The Balaban J connectivity index is 1.79. The minimum Gasteiger partial charge on any atom is -0.377 e. The number of guanidine groups is 1. The highest BCUT2D eigenvalue weighted by molar-refractivity contribution is 5.81. The van der Waals surface area contributed by atoms with Crippen LogP contribution in [0.15, 0.2) is 16.6 Å². The van der Waals surface area contributed by atoms with E-state index in [0.29, 0.717) is 0 Å². The van der Waals surface area contributed by atoms with Crippen molar-refractivity contribution in [1.29, 1.82) is 0 Å². The van der Waals surface area contributed by atoms with Gasteiger partial charge in [0.15, 0.2) is 5.96 Å². The summed E-state index contributed by atoms with van der Waals surface area (Å²) in [4.78, 5) is 6.51. The first-order chi connectivity index (χ1) is 6.86. The average molecular weight is 195 g/mol. The maximum absolute atomic E-state index is 5.36. The third-order valence-corrected chi connectivity index (χ3v) is 2.51. The van der Waals surface area contributed by atoms with E-state index in [1.165, 1.54) is 5.57 Å². The lowest BCUT2D eigenvalue weighted by Crippen LogP contribution is -2.37. The van der Waals surface area contributed by atoms with Crippen LogP contribution >= 0.6 is 0 Å². The summed E-state index contributed by atoms with van der Waals surface area (Å²) in [6, 6.07) is 0. The summed E-state index contributed by atoms with van der Waals surface area (Å²) in [5, 5.41) is 3.33. The molecule has 2 aliphatic heterocycles. The van der Waals surface area contributed by atoms with Crippen molar-refractivity contribution < 1.29 is 4.74 Å². The van der Waals surface area contributed by atoms with Crippen molar-refractivity contribution in [2.45, 2.75) is 6.42 Å². The number of ether oxygens (including phenoxy) is 1. The van der Waals surface area contributed by atoms with E-state index >= 15 is 0 Å². The summed E-state index contributed by atoms with van der Waals surface area (Å²) in [6.07, 6.45) is 3.30. The van der Waals surface area contributed by atoms with Crippen LogP contribution in [0.25, 0.3) is 0 Å². The molecule has 4 heteroatoms. The average Bonchev–Trinajstić information content (AvgIpc) is 2.63. The molecule has 14 heavy (non-hydrogen) atoms. The molecule has 78 valence electrons. The second-order valence-corrected chi connectivity index (χ2v) is 3.68. The molecule has 0 aromatic carbocycles. The minimum absolute atomic E-state index is 0.768. The molecular formula is C10H17N3O. The quantitative estimate of drug-likeness (QED) is 0.641. The van der Waals surface area contributed by atoms with Crippen LogP contribution in [0.3, 0.4) is 0 Å². The third-order valence-electron chi connectivity index (χ3n) is 2.51. The Labute approximate surface area is 84.6 Å². The predicted octanol–water partition coefficient (Wildman–Crippen LogP) is 0.224. The smallest absolute Gasteiger partial charge is 0.194 e. The molecule has 0 aromatic rings. The van der Waals surface area contributed by atoms with Crippen LogP contribution in [0.1, 0.15) is 6.42 Å². The maximum atomic E-state index is 5.36. The van der Waals surface area contributed by atoms with Crippen LogP contribution in [0, 0.1) is 0 Å². The van der Waals surface area contributed by atoms with E-state index < -0.39 is 0 Å². The van der Waals surface area contributed by atoms with Gasteiger partial charge in [-0.05, 0) is 12.0 Å².